The van der Waals surface area contributed by atoms with Crippen molar-refractivity contribution >= 4 is 26.2 Å². The summed E-state index contributed by atoms with van der Waals surface area (Å²) in [6.07, 6.45) is -8.38. The summed E-state index contributed by atoms with van der Waals surface area (Å²) in [5.74, 6) is -54.3. The highest BCUT2D eigenvalue weighted by Crippen LogP contribution is 2.66. The summed E-state index contributed by atoms with van der Waals surface area (Å²) in [7, 11) is -11.8. The molecular formula is C18H21F17O4S2. The predicted octanol–water partition coefficient (Wildman–Crippen LogP) is 7.82. The Bertz CT molecular complexity index is 1060. The molecule has 41 heavy (non-hydrogen) atoms. The number of Topliss-reactive ketones (excluding diaryl/α,β-unsaturated/α-hetero) is 1. The highest BCUT2D eigenvalue weighted by atomic mass is 32.3. The molecule has 0 heterocycles. The highest BCUT2D eigenvalue weighted by molar-refractivity contribution is 8.34. The fourth-order valence-corrected chi connectivity index (χ4v) is 8.96. The van der Waals surface area contributed by atoms with Crippen molar-refractivity contribution in [2.45, 2.75) is 98.5 Å². The van der Waals surface area contributed by atoms with Crippen molar-refractivity contribution in [2.24, 2.45) is 0 Å². The van der Waals surface area contributed by atoms with Gasteiger partial charge in [0.25, 0.3) is 0 Å². The summed E-state index contributed by atoms with van der Waals surface area (Å²) in [6.45, 7) is 4.95. The van der Waals surface area contributed by atoms with Gasteiger partial charge in [-0.1, -0.05) is 34.6 Å². The van der Waals surface area contributed by atoms with Gasteiger partial charge >= 0.3 is 57.1 Å². The second-order valence-corrected chi connectivity index (χ2v) is 14.6. The molecule has 4 nitrogen and oxygen atoms in total. The van der Waals surface area contributed by atoms with E-state index in [1.807, 2.05) is 0 Å². The minimum atomic E-state index is -8.93. The topological polar surface area (TPSA) is 60.4 Å². The second-order valence-electron chi connectivity index (χ2n) is 8.90. The van der Waals surface area contributed by atoms with E-state index in [9.17, 15) is 87.8 Å². The van der Waals surface area contributed by atoms with Gasteiger partial charge in [0.2, 0.25) is 0 Å². The minimum Gasteiger partial charge on any atom is -0.299 e. The highest BCUT2D eigenvalue weighted by Gasteiger charge is 2.96. The third-order valence-electron chi connectivity index (χ3n) is 5.60. The van der Waals surface area contributed by atoms with Crippen molar-refractivity contribution in [1.82, 2.24) is 0 Å². The van der Waals surface area contributed by atoms with Gasteiger partial charge in [0.1, 0.15) is 5.78 Å². The van der Waals surface area contributed by atoms with Gasteiger partial charge in [-0.05, 0) is 0 Å². The van der Waals surface area contributed by atoms with Crippen LogP contribution in [0.25, 0.3) is 0 Å². The Balaban J connectivity index is 7.23. The Hall–Kier alpha value is -1.26. The summed E-state index contributed by atoms with van der Waals surface area (Å²) in [6, 6.07) is 0. The SMILES string of the molecule is CCC(=O)CS(OS(=O)(=O)C(F)(F)C(F)(F)C(F)(F)C(F)(F)C(F)(F)C(F)(F)C(F)(F)C(F)(F)F)(C(C)C)C(C)C. The molecule has 0 N–H and O–H groups in total. The lowest BCUT2D eigenvalue weighted by atomic mass is 9.91. The van der Waals surface area contributed by atoms with Crippen LogP contribution in [0.15, 0.2) is 0 Å². The standard InChI is InChI=1S/C18H21F17O4S2/c1-6-10(36)7-40(8(2)3,9(4)5)39-41(37,38)18(34,35)16(29,30)14(25,26)12(21,22)11(19,20)13(23,24)15(27,28)17(31,32)33/h8-9H,6-7H2,1-5H3. The van der Waals surface area contributed by atoms with E-state index in [0.717, 1.165) is 34.6 Å². The van der Waals surface area contributed by atoms with Crippen molar-refractivity contribution < 1.29 is 91.5 Å². The zero-order chi connectivity index (χ0) is 33.9. The molecule has 248 valence electrons. The number of ketones is 1. The number of carbonyl (C=O) groups is 1. The minimum absolute atomic E-state index is 0.472. The zero-order valence-corrected chi connectivity index (χ0v) is 22.6. The molecule has 0 aromatic carbocycles. The average Bonchev–Trinajstić information content (AvgIpc) is 2.76. The third-order valence-corrected chi connectivity index (χ3v) is 12.2. The molecule has 0 radical (unpaired) electrons. The van der Waals surface area contributed by atoms with Crippen molar-refractivity contribution in [2.75, 3.05) is 5.75 Å². The van der Waals surface area contributed by atoms with Gasteiger partial charge in [0.05, 0.1) is 5.75 Å². The van der Waals surface area contributed by atoms with E-state index >= 15 is 0 Å². The Labute approximate surface area is 222 Å². The number of hydrogen-bond acceptors (Lipinski definition) is 4. The molecule has 0 saturated carbocycles. The van der Waals surface area contributed by atoms with E-state index in [1.54, 1.807) is 0 Å². The van der Waals surface area contributed by atoms with Gasteiger partial charge in [-0.3, -0.25) is 4.79 Å². The van der Waals surface area contributed by atoms with Crippen molar-refractivity contribution in [3.63, 3.8) is 0 Å². The summed E-state index contributed by atoms with van der Waals surface area (Å²) < 4.78 is 258. The fraction of sp³-hybridized carbons (Fsp3) is 0.944. The van der Waals surface area contributed by atoms with Gasteiger partial charge in [-0.2, -0.15) is 83.1 Å². The van der Waals surface area contributed by atoms with Crippen LogP contribution in [-0.2, 0) is 18.5 Å². The molecule has 0 atom stereocenters. The third kappa shape index (κ3) is 5.70. The molecule has 0 rings (SSSR count). The van der Waals surface area contributed by atoms with Gasteiger partial charge < -0.3 is 0 Å². The van der Waals surface area contributed by atoms with Crippen LogP contribution in [0.5, 0.6) is 0 Å². The number of carbonyl (C=O) groups excluding carboxylic acids is 1. The van der Waals surface area contributed by atoms with Crippen molar-refractivity contribution in [1.29, 1.82) is 0 Å². The average molecular weight is 688 g/mol. The molecule has 0 fully saturated rings. The van der Waals surface area contributed by atoms with E-state index in [4.69, 9.17) is 0 Å². The van der Waals surface area contributed by atoms with E-state index in [2.05, 4.69) is 3.63 Å². The maximum absolute atomic E-state index is 14.5. The lowest BCUT2D eigenvalue weighted by Gasteiger charge is -2.46. The van der Waals surface area contributed by atoms with Gasteiger partial charge in [0.15, 0.2) is 0 Å². The lowest BCUT2D eigenvalue weighted by molar-refractivity contribution is -0.458. The Morgan fingerprint density at radius 3 is 1.15 bits per heavy atom. The summed E-state index contributed by atoms with van der Waals surface area (Å²) in [5, 5.41) is -10.6. The molecule has 0 aromatic heterocycles. The Morgan fingerprint density at radius 2 is 0.878 bits per heavy atom. The monoisotopic (exact) mass is 688 g/mol. The van der Waals surface area contributed by atoms with Crippen molar-refractivity contribution in [3.8, 4) is 0 Å². The first kappa shape index (κ1) is 39.7. The van der Waals surface area contributed by atoms with E-state index in [0.29, 0.717) is 0 Å². The van der Waals surface area contributed by atoms with Gasteiger partial charge in [0, 0.05) is 16.9 Å². The van der Waals surface area contributed by atoms with E-state index in [1.165, 1.54) is 0 Å². The van der Waals surface area contributed by atoms with Crippen LogP contribution < -0.4 is 0 Å². The molecule has 23 heteroatoms. The summed E-state index contributed by atoms with van der Waals surface area (Å²) in [5.41, 5.74) is 0. The number of rotatable bonds is 14. The van der Waals surface area contributed by atoms with Crippen LogP contribution in [0, 0.1) is 0 Å². The normalized spacial score (nSPS) is 16.5. The van der Waals surface area contributed by atoms with Gasteiger partial charge in [-0.15, -0.1) is 10.3 Å². The molecule has 0 amide bonds. The quantitative estimate of drug-likeness (QED) is 0.175. The van der Waals surface area contributed by atoms with Crippen LogP contribution in [0.1, 0.15) is 41.0 Å². The number of halogens is 17. The van der Waals surface area contributed by atoms with Crippen LogP contribution in [-0.4, -0.2) is 77.4 Å². The first-order valence-corrected chi connectivity index (χ1v) is 13.8. The molecule has 0 aliphatic heterocycles. The Kier molecular flexibility index (Phi) is 10.7. The maximum atomic E-state index is 14.5. The van der Waals surface area contributed by atoms with Crippen LogP contribution in [0.3, 0.4) is 0 Å². The molecule has 0 aliphatic rings. The second kappa shape index (κ2) is 11.0. The van der Waals surface area contributed by atoms with Crippen molar-refractivity contribution in [3.05, 3.63) is 0 Å². The number of alkyl halides is 17. The molecular weight excluding hydrogens is 667 g/mol. The van der Waals surface area contributed by atoms with E-state index in [-0.39, 0.29) is 0 Å². The predicted molar refractivity (Wildman–Crippen MR) is 109 cm³/mol. The van der Waals surface area contributed by atoms with Crippen LogP contribution in [0.2, 0.25) is 0 Å². The largest absolute Gasteiger partial charge is 0.460 e. The summed E-state index contributed by atoms with van der Waals surface area (Å²) in [4.78, 5) is 11.9. The fourth-order valence-electron chi connectivity index (χ4n) is 2.93. The molecule has 0 saturated heterocycles. The Morgan fingerprint density at radius 1 is 0.585 bits per heavy atom. The molecule has 0 aromatic rings. The van der Waals surface area contributed by atoms with Gasteiger partial charge in [-0.25, -0.2) is 3.63 Å². The molecule has 0 bridgehead atoms. The molecule has 0 spiro atoms. The van der Waals surface area contributed by atoms with E-state index < -0.39 is 95.8 Å². The van der Waals surface area contributed by atoms with Crippen LogP contribution in [0.4, 0.5) is 74.6 Å². The smallest absolute Gasteiger partial charge is 0.299 e. The lowest BCUT2D eigenvalue weighted by Crippen LogP contribution is -2.75. The first-order chi connectivity index (χ1) is 17.5. The van der Waals surface area contributed by atoms with Crippen LogP contribution >= 0.6 is 10.3 Å². The molecule has 0 unspecified atom stereocenters. The first-order valence-electron chi connectivity index (χ1n) is 10.5. The molecule has 0 aliphatic carbocycles. The number of hydrogen-bond donors (Lipinski definition) is 0. The zero-order valence-electron chi connectivity index (χ0n) is 20.9. The summed E-state index contributed by atoms with van der Waals surface area (Å²) >= 11 is 0. The maximum Gasteiger partial charge on any atom is 0.460 e.